The Hall–Kier alpha value is -0.780. The van der Waals surface area contributed by atoms with Gasteiger partial charge >= 0.3 is 0 Å². The number of nitrogens with two attached hydrogens (primary N) is 1. The van der Waals surface area contributed by atoms with Crippen LogP contribution in [-0.2, 0) is 0 Å². The van der Waals surface area contributed by atoms with Gasteiger partial charge in [0.15, 0.2) is 0 Å². The largest absolute Gasteiger partial charge is 0.494 e. The van der Waals surface area contributed by atoms with E-state index in [1.165, 1.54) is 5.56 Å². The molecule has 1 atom stereocenters. The summed E-state index contributed by atoms with van der Waals surface area (Å²) in [6.45, 7) is 6.56. The zero-order valence-electron chi connectivity index (χ0n) is 11.3. The van der Waals surface area contributed by atoms with E-state index in [0.29, 0.717) is 6.54 Å². The second kappa shape index (κ2) is 6.41. The second-order valence-corrected chi connectivity index (χ2v) is 5.21. The van der Waals surface area contributed by atoms with Crippen molar-refractivity contribution in [1.82, 2.24) is 0 Å². The summed E-state index contributed by atoms with van der Waals surface area (Å²) < 4.78 is 6.54. The number of nitrogens with one attached hydrogen (secondary N) is 1. The normalized spacial score (nSPS) is 12.4. The summed E-state index contributed by atoms with van der Waals surface area (Å²) in [6, 6.07) is -0.283. The van der Waals surface area contributed by atoms with E-state index in [0.717, 1.165) is 27.0 Å². The topological polar surface area (TPSA) is 67.5 Å². The van der Waals surface area contributed by atoms with Crippen LogP contribution in [0.4, 0.5) is 5.69 Å². The Kier molecular flexibility index (Phi) is 5.44. The first-order valence-electron chi connectivity index (χ1n) is 5.87. The van der Waals surface area contributed by atoms with Crippen molar-refractivity contribution < 1.29 is 9.84 Å². The van der Waals surface area contributed by atoms with Crippen LogP contribution in [0.15, 0.2) is 4.47 Å². The Morgan fingerprint density at radius 2 is 1.89 bits per heavy atom. The van der Waals surface area contributed by atoms with E-state index < -0.39 is 0 Å². The summed E-state index contributed by atoms with van der Waals surface area (Å²) in [6.07, 6.45) is 0. The minimum Gasteiger partial charge on any atom is -0.494 e. The van der Waals surface area contributed by atoms with E-state index in [2.05, 4.69) is 28.2 Å². The standard InChI is InChI=1S/C13H21BrN2O2/c1-7-8(2)13(18-4)12(9(3)11(7)14)16-5-10(15)6-17/h10,16-17H,5-6,15H2,1-4H3. The summed E-state index contributed by atoms with van der Waals surface area (Å²) in [4.78, 5) is 0. The lowest BCUT2D eigenvalue weighted by atomic mass is 10.0. The van der Waals surface area contributed by atoms with Gasteiger partial charge in [-0.1, -0.05) is 15.9 Å². The third-order valence-electron chi connectivity index (χ3n) is 3.14. The van der Waals surface area contributed by atoms with Crippen LogP contribution in [0.1, 0.15) is 16.7 Å². The highest BCUT2D eigenvalue weighted by Crippen LogP contribution is 2.39. The first-order valence-corrected chi connectivity index (χ1v) is 6.66. The second-order valence-electron chi connectivity index (χ2n) is 4.42. The first-order chi connectivity index (χ1) is 8.43. The van der Waals surface area contributed by atoms with Crippen molar-refractivity contribution in [3.63, 3.8) is 0 Å². The Balaban J connectivity index is 3.16. The molecule has 4 N–H and O–H groups in total. The zero-order chi connectivity index (χ0) is 13.9. The van der Waals surface area contributed by atoms with Gasteiger partial charge in [0, 0.05) is 17.1 Å². The molecule has 0 aliphatic heterocycles. The van der Waals surface area contributed by atoms with Gasteiger partial charge in [-0.15, -0.1) is 0 Å². The molecule has 0 aliphatic rings. The van der Waals surface area contributed by atoms with Gasteiger partial charge in [0.2, 0.25) is 0 Å². The molecule has 0 amide bonds. The highest BCUT2D eigenvalue weighted by Gasteiger charge is 2.16. The maximum atomic E-state index is 8.96. The maximum absolute atomic E-state index is 8.96. The Morgan fingerprint density at radius 1 is 1.28 bits per heavy atom. The number of halogens is 1. The van der Waals surface area contributed by atoms with Gasteiger partial charge < -0.3 is 20.9 Å². The number of aliphatic hydroxyl groups excluding tert-OH is 1. The van der Waals surface area contributed by atoms with Crippen molar-refractivity contribution in [3.8, 4) is 5.75 Å². The molecule has 0 bridgehead atoms. The van der Waals surface area contributed by atoms with Gasteiger partial charge in [0.05, 0.1) is 19.4 Å². The predicted octanol–water partition coefficient (Wildman–Crippen LogP) is 2.11. The van der Waals surface area contributed by atoms with Crippen LogP contribution in [0.5, 0.6) is 5.75 Å². The molecule has 0 radical (unpaired) electrons. The lowest BCUT2D eigenvalue weighted by Gasteiger charge is -2.21. The zero-order valence-corrected chi connectivity index (χ0v) is 12.9. The fourth-order valence-corrected chi connectivity index (χ4v) is 2.35. The SMILES string of the molecule is COc1c(C)c(C)c(Br)c(C)c1NCC(N)CO. The van der Waals surface area contributed by atoms with Gasteiger partial charge in [-0.05, 0) is 37.5 Å². The smallest absolute Gasteiger partial charge is 0.145 e. The quantitative estimate of drug-likeness (QED) is 0.778. The molecule has 1 unspecified atom stereocenters. The molecule has 1 aromatic rings. The minimum absolute atomic E-state index is 0.0413. The van der Waals surface area contributed by atoms with Crippen LogP contribution in [0.3, 0.4) is 0 Å². The summed E-state index contributed by atoms with van der Waals surface area (Å²) in [5, 5.41) is 12.2. The van der Waals surface area contributed by atoms with Gasteiger partial charge in [-0.3, -0.25) is 0 Å². The third-order valence-corrected chi connectivity index (χ3v) is 4.33. The summed E-state index contributed by atoms with van der Waals surface area (Å²) in [5.41, 5.74) is 9.97. The minimum atomic E-state index is -0.283. The average molecular weight is 317 g/mol. The molecule has 1 rings (SSSR count). The highest BCUT2D eigenvalue weighted by atomic mass is 79.9. The summed E-state index contributed by atoms with van der Waals surface area (Å²) in [5.74, 6) is 0.832. The number of benzene rings is 1. The average Bonchev–Trinajstić information content (AvgIpc) is 2.38. The van der Waals surface area contributed by atoms with Crippen LogP contribution in [0.2, 0.25) is 0 Å². The van der Waals surface area contributed by atoms with Crippen molar-refractivity contribution in [2.75, 3.05) is 25.6 Å². The molecule has 0 fully saturated rings. The fraction of sp³-hybridized carbons (Fsp3) is 0.538. The van der Waals surface area contributed by atoms with Crippen LogP contribution < -0.4 is 15.8 Å². The van der Waals surface area contributed by atoms with Gasteiger partial charge in [-0.2, -0.15) is 0 Å². The molecule has 0 saturated heterocycles. The Bertz CT molecular complexity index is 436. The molecular formula is C13H21BrN2O2. The lowest BCUT2D eigenvalue weighted by Crippen LogP contribution is -2.32. The van der Waals surface area contributed by atoms with E-state index in [4.69, 9.17) is 15.6 Å². The van der Waals surface area contributed by atoms with Crippen LogP contribution in [0, 0.1) is 20.8 Å². The van der Waals surface area contributed by atoms with Crippen LogP contribution in [0.25, 0.3) is 0 Å². The van der Waals surface area contributed by atoms with E-state index in [1.807, 2.05) is 13.8 Å². The van der Waals surface area contributed by atoms with E-state index in [-0.39, 0.29) is 12.6 Å². The summed E-state index contributed by atoms with van der Waals surface area (Å²) in [7, 11) is 1.66. The molecule has 5 heteroatoms. The van der Waals surface area contributed by atoms with E-state index >= 15 is 0 Å². The van der Waals surface area contributed by atoms with Gasteiger partial charge in [-0.25, -0.2) is 0 Å². The molecule has 0 aliphatic carbocycles. The molecule has 102 valence electrons. The highest BCUT2D eigenvalue weighted by molar-refractivity contribution is 9.10. The lowest BCUT2D eigenvalue weighted by molar-refractivity contribution is 0.270. The van der Waals surface area contributed by atoms with Crippen molar-refractivity contribution in [2.24, 2.45) is 5.73 Å². The molecule has 1 aromatic carbocycles. The number of anilines is 1. The number of hydrogen-bond acceptors (Lipinski definition) is 4. The first kappa shape index (κ1) is 15.3. The number of hydrogen-bond donors (Lipinski definition) is 3. The van der Waals surface area contributed by atoms with Crippen molar-refractivity contribution in [2.45, 2.75) is 26.8 Å². The van der Waals surface area contributed by atoms with Gasteiger partial charge in [0.1, 0.15) is 5.75 Å². The third kappa shape index (κ3) is 2.96. The van der Waals surface area contributed by atoms with E-state index in [9.17, 15) is 0 Å². The molecule has 0 spiro atoms. The molecule has 4 nitrogen and oxygen atoms in total. The number of rotatable bonds is 5. The van der Waals surface area contributed by atoms with Crippen molar-refractivity contribution in [1.29, 1.82) is 0 Å². The number of ether oxygens (including phenoxy) is 1. The molecule has 0 saturated carbocycles. The molecule has 0 aromatic heterocycles. The van der Waals surface area contributed by atoms with E-state index in [1.54, 1.807) is 7.11 Å². The van der Waals surface area contributed by atoms with Crippen LogP contribution in [-0.4, -0.2) is 31.4 Å². The van der Waals surface area contributed by atoms with Crippen LogP contribution >= 0.6 is 15.9 Å². The summed E-state index contributed by atoms with van der Waals surface area (Å²) >= 11 is 3.59. The molecule has 18 heavy (non-hydrogen) atoms. The van der Waals surface area contributed by atoms with Gasteiger partial charge in [0.25, 0.3) is 0 Å². The maximum Gasteiger partial charge on any atom is 0.145 e. The Labute approximate surface area is 117 Å². The predicted molar refractivity (Wildman–Crippen MR) is 78.5 cm³/mol. The number of methoxy groups -OCH3 is 1. The fourth-order valence-electron chi connectivity index (χ4n) is 1.85. The van der Waals surface area contributed by atoms with Crippen molar-refractivity contribution in [3.05, 3.63) is 21.2 Å². The monoisotopic (exact) mass is 316 g/mol. The Morgan fingerprint density at radius 3 is 2.39 bits per heavy atom. The molecular weight excluding hydrogens is 296 g/mol. The molecule has 0 heterocycles. The number of aliphatic hydroxyl groups is 1. The van der Waals surface area contributed by atoms with Crippen molar-refractivity contribution >= 4 is 21.6 Å².